The molecule has 0 radical (unpaired) electrons. The number of carbonyl (C=O) groups is 1. The summed E-state index contributed by atoms with van der Waals surface area (Å²) in [5.74, 6) is 1.09. The second-order valence-electron chi connectivity index (χ2n) is 8.88. The SMILES string of the molecule is CCC(NC(=O)C1CCCN(Cc2nc(-c3ccccc3Cl)no2)C1)c1ccc(C)c(C)c1. The highest BCUT2D eigenvalue weighted by atomic mass is 35.5. The number of nitrogens with zero attached hydrogens (tertiary/aromatic N) is 3. The van der Waals surface area contributed by atoms with Crippen molar-refractivity contribution in [3.63, 3.8) is 0 Å². The number of halogens is 1. The highest BCUT2D eigenvalue weighted by Gasteiger charge is 2.28. The summed E-state index contributed by atoms with van der Waals surface area (Å²) < 4.78 is 5.47. The van der Waals surface area contributed by atoms with Crippen LogP contribution in [-0.2, 0) is 11.3 Å². The molecule has 1 saturated heterocycles. The number of rotatable bonds is 7. The number of hydrogen-bond acceptors (Lipinski definition) is 5. The van der Waals surface area contributed by atoms with Crippen LogP contribution in [-0.4, -0.2) is 34.0 Å². The van der Waals surface area contributed by atoms with E-state index >= 15 is 0 Å². The Kier molecular flexibility index (Phi) is 7.46. The number of aryl methyl sites for hydroxylation is 2. The summed E-state index contributed by atoms with van der Waals surface area (Å²) in [4.78, 5) is 19.8. The minimum atomic E-state index is -0.0506. The number of hydrogen-bond donors (Lipinski definition) is 1. The molecule has 0 spiro atoms. The molecule has 3 aromatic rings. The Hall–Kier alpha value is -2.70. The van der Waals surface area contributed by atoms with Crippen molar-refractivity contribution in [2.75, 3.05) is 13.1 Å². The molecule has 2 aromatic carbocycles. The van der Waals surface area contributed by atoms with Crippen LogP contribution < -0.4 is 5.32 Å². The van der Waals surface area contributed by atoms with Crippen molar-refractivity contribution in [3.8, 4) is 11.4 Å². The maximum atomic E-state index is 13.1. The van der Waals surface area contributed by atoms with Crippen LogP contribution in [0.15, 0.2) is 47.0 Å². The Morgan fingerprint density at radius 2 is 2.06 bits per heavy atom. The van der Waals surface area contributed by atoms with Gasteiger partial charge in [0.25, 0.3) is 0 Å². The van der Waals surface area contributed by atoms with Crippen LogP contribution in [0.3, 0.4) is 0 Å². The number of nitrogens with one attached hydrogen (secondary N) is 1. The van der Waals surface area contributed by atoms with Gasteiger partial charge in [-0.2, -0.15) is 4.98 Å². The number of benzene rings is 2. The number of piperidine rings is 1. The van der Waals surface area contributed by atoms with Crippen LogP contribution in [0.4, 0.5) is 0 Å². The average molecular weight is 467 g/mol. The first-order chi connectivity index (χ1) is 15.9. The van der Waals surface area contributed by atoms with Gasteiger partial charge in [0.15, 0.2) is 0 Å². The number of amides is 1. The van der Waals surface area contributed by atoms with Gasteiger partial charge in [-0.1, -0.05) is 54.0 Å². The van der Waals surface area contributed by atoms with Gasteiger partial charge in [-0.25, -0.2) is 0 Å². The molecule has 0 saturated carbocycles. The fourth-order valence-electron chi connectivity index (χ4n) is 4.37. The maximum absolute atomic E-state index is 13.1. The summed E-state index contributed by atoms with van der Waals surface area (Å²) in [5, 5.41) is 7.96. The molecule has 1 N–H and O–H groups in total. The van der Waals surface area contributed by atoms with E-state index in [1.807, 2.05) is 24.3 Å². The maximum Gasteiger partial charge on any atom is 0.241 e. The predicted octanol–water partition coefficient (Wildman–Crippen LogP) is 5.49. The van der Waals surface area contributed by atoms with Gasteiger partial charge in [0, 0.05) is 12.1 Å². The number of aromatic nitrogens is 2. The zero-order valence-corrected chi connectivity index (χ0v) is 20.2. The molecule has 2 atom stereocenters. The standard InChI is InChI=1S/C26H31ClN4O2/c1-4-23(19-12-11-17(2)18(3)14-19)28-26(32)20-8-7-13-31(15-20)16-24-29-25(30-33-24)21-9-5-6-10-22(21)27/h5-6,9-12,14,20,23H,4,7-8,13,15-16H2,1-3H3,(H,28,32). The van der Waals surface area contributed by atoms with Crippen molar-refractivity contribution in [2.45, 2.75) is 52.6 Å². The molecule has 1 aromatic heterocycles. The molecule has 1 amide bonds. The van der Waals surface area contributed by atoms with Crippen molar-refractivity contribution in [1.29, 1.82) is 0 Å². The van der Waals surface area contributed by atoms with Crippen molar-refractivity contribution in [1.82, 2.24) is 20.4 Å². The Morgan fingerprint density at radius 3 is 2.82 bits per heavy atom. The van der Waals surface area contributed by atoms with Crippen molar-refractivity contribution in [2.24, 2.45) is 5.92 Å². The highest BCUT2D eigenvalue weighted by molar-refractivity contribution is 6.33. The zero-order chi connectivity index (χ0) is 23.4. The summed E-state index contributed by atoms with van der Waals surface area (Å²) in [5.41, 5.74) is 4.43. The molecule has 1 fully saturated rings. The van der Waals surface area contributed by atoms with Gasteiger partial charge < -0.3 is 9.84 Å². The van der Waals surface area contributed by atoms with Crippen LogP contribution in [0.5, 0.6) is 0 Å². The van der Waals surface area contributed by atoms with Gasteiger partial charge in [0.1, 0.15) is 0 Å². The molecule has 2 unspecified atom stereocenters. The molecule has 0 bridgehead atoms. The summed E-state index contributed by atoms with van der Waals surface area (Å²) >= 11 is 6.25. The molecule has 4 rings (SSSR count). The lowest BCUT2D eigenvalue weighted by Gasteiger charge is -2.32. The van der Waals surface area contributed by atoms with E-state index in [1.54, 1.807) is 0 Å². The van der Waals surface area contributed by atoms with E-state index in [4.69, 9.17) is 16.1 Å². The van der Waals surface area contributed by atoms with Gasteiger partial charge >= 0.3 is 0 Å². The van der Waals surface area contributed by atoms with Crippen LogP contribution in [0, 0.1) is 19.8 Å². The molecule has 6 nitrogen and oxygen atoms in total. The molecule has 174 valence electrons. The fraction of sp³-hybridized carbons (Fsp3) is 0.423. The van der Waals surface area contributed by atoms with Gasteiger partial charge in [0.2, 0.25) is 17.6 Å². The lowest BCUT2D eigenvalue weighted by atomic mass is 9.95. The van der Waals surface area contributed by atoms with E-state index in [0.717, 1.165) is 31.4 Å². The smallest absolute Gasteiger partial charge is 0.241 e. The molecule has 33 heavy (non-hydrogen) atoms. The minimum Gasteiger partial charge on any atom is -0.349 e. The van der Waals surface area contributed by atoms with E-state index < -0.39 is 0 Å². The van der Waals surface area contributed by atoms with E-state index in [2.05, 4.69) is 59.3 Å². The number of likely N-dealkylation sites (tertiary alicyclic amines) is 1. The highest BCUT2D eigenvalue weighted by Crippen LogP contribution is 2.26. The first kappa shape index (κ1) is 23.5. The normalized spacial score (nSPS) is 17.6. The third-order valence-corrected chi connectivity index (χ3v) is 6.81. The predicted molar refractivity (Wildman–Crippen MR) is 130 cm³/mol. The Morgan fingerprint density at radius 1 is 1.24 bits per heavy atom. The summed E-state index contributed by atoms with van der Waals surface area (Å²) in [6.45, 7) is 8.44. The van der Waals surface area contributed by atoms with Gasteiger partial charge in [-0.15, -0.1) is 0 Å². The average Bonchev–Trinajstić information content (AvgIpc) is 3.27. The molecule has 7 heteroatoms. The Balaban J connectivity index is 1.37. The van der Waals surface area contributed by atoms with Crippen molar-refractivity contribution < 1.29 is 9.32 Å². The van der Waals surface area contributed by atoms with Crippen LogP contribution >= 0.6 is 11.6 Å². The monoisotopic (exact) mass is 466 g/mol. The van der Waals surface area contributed by atoms with Crippen molar-refractivity contribution in [3.05, 3.63) is 70.1 Å². The molecule has 1 aliphatic heterocycles. The third-order valence-electron chi connectivity index (χ3n) is 6.48. The second kappa shape index (κ2) is 10.5. The fourth-order valence-corrected chi connectivity index (χ4v) is 4.59. The van der Waals surface area contributed by atoms with Crippen LogP contribution in [0.25, 0.3) is 11.4 Å². The lowest BCUT2D eigenvalue weighted by molar-refractivity contribution is -0.127. The van der Waals surface area contributed by atoms with E-state index in [0.29, 0.717) is 29.8 Å². The molecule has 0 aliphatic carbocycles. The second-order valence-corrected chi connectivity index (χ2v) is 9.29. The topological polar surface area (TPSA) is 71.3 Å². The Bertz CT molecular complexity index is 1110. The molecular weight excluding hydrogens is 436 g/mol. The Labute approximate surface area is 200 Å². The van der Waals surface area contributed by atoms with Gasteiger partial charge in [-0.05, 0) is 68.5 Å². The third kappa shape index (κ3) is 5.63. The summed E-state index contributed by atoms with van der Waals surface area (Å²) in [6, 6.07) is 13.9. The van der Waals surface area contributed by atoms with E-state index in [9.17, 15) is 4.79 Å². The molecular formula is C26H31ClN4O2. The van der Waals surface area contributed by atoms with E-state index in [1.165, 1.54) is 16.7 Å². The lowest BCUT2D eigenvalue weighted by Crippen LogP contribution is -2.43. The van der Waals surface area contributed by atoms with Crippen LogP contribution in [0.1, 0.15) is 54.8 Å². The quantitative estimate of drug-likeness (QED) is 0.498. The first-order valence-corrected chi connectivity index (χ1v) is 12.0. The molecule has 2 heterocycles. The zero-order valence-electron chi connectivity index (χ0n) is 19.5. The van der Waals surface area contributed by atoms with Gasteiger partial charge in [0.05, 0.1) is 23.5 Å². The van der Waals surface area contributed by atoms with Crippen LogP contribution in [0.2, 0.25) is 5.02 Å². The summed E-state index contributed by atoms with van der Waals surface area (Å²) in [6.07, 6.45) is 2.71. The molecule has 1 aliphatic rings. The van der Waals surface area contributed by atoms with Crippen molar-refractivity contribution >= 4 is 17.5 Å². The minimum absolute atomic E-state index is 0.0290. The summed E-state index contributed by atoms with van der Waals surface area (Å²) in [7, 11) is 0. The van der Waals surface area contributed by atoms with Gasteiger partial charge in [-0.3, -0.25) is 9.69 Å². The van der Waals surface area contributed by atoms with E-state index in [-0.39, 0.29) is 17.9 Å². The number of carbonyl (C=O) groups excluding carboxylic acids is 1. The largest absolute Gasteiger partial charge is 0.349 e. The first-order valence-electron chi connectivity index (χ1n) is 11.6.